The van der Waals surface area contributed by atoms with Crippen molar-refractivity contribution in [2.45, 2.75) is 70.4 Å². The molecule has 0 bridgehead atoms. The molecule has 9 N–H and O–H groups in total. The van der Waals surface area contributed by atoms with Crippen molar-refractivity contribution in [3.63, 3.8) is 0 Å². The Bertz CT molecular complexity index is 2330. The summed E-state index contributed by atoms with van der Waals surface area (Å²) >= 11 is 0. The molecule has 354 valence electrons. The van der Waals surface area contributed by atoms with Crippen molar-refractivity contribution >= 4 is 46.9 Å². The van der Waals surface area contributed by atoms with Crippen molar-refractivity contribution in [2.75, 3.05) is 47.4 Å². The molecule has 6 rings (SSSR count). The molecular formula is C45H56F2N10O9. The Morgan fingerprint density at radius 3 is 2.30 bits per heavy atom. The summed E-state index contributed by atoms with van der Waals surface area (Å²) in [4.78, 5) is 87.2. The van der Waals surface area contributed by atoms with Gasteiger partial charge in [0.05, 0.1) is 39.6 Å². The van der Waals surface area contributed by atoms with Crippen LogP contribution >= 0.6 is 0 Å². The lowest BCUT2D eigenvalue weighted by Crippen LogP contribution is -2.51. The van der Waals surface area contributed by atoms with Gasteiger partial charge in [0, 0.05) is 64.3 Å². The van der Waals surface area contributed by atoms with Crippen LogP contribution in [-0.4, -0.2) is 121 Å². The van der Waals surface area contributed by atoms with Crippen LogP contribution in [0.3, 0.4) is 0 Å². The summed E-state index contributed by atoms with van der Waals surface area (Å²) in [6.45, 7) is 2.77. The zero-order valence-corrected chi connectivity index (χ0v) is 37.2. The number of likely N-dealkylation sites (N-methyl/N-ethyl adjacent to an activating group) is 1. The molecule has 2 saturated heterocycles. The minimum atomic E-state index is -3.37. The van der Waals surface area contributed by atoms with Crippen LogP contribution in [0.25, 0.3) is 5.70 Å². The lowest BCUT2D eigenvalue weighted by molar-refractivity contribution is -0.144. The molecule has 0 radical (unpaired) electrons. The number of ether oxygens (including phenoxy) is 2. The summed E-state index contributed by atoms with van der Waals surface area (Å²) in [7, 11) is 4.73. The third-order valence-electron chi connectivity index (χ3n) is 11.1. The molecule has 0 aliphatic carbocycles. The van der Waals surface area contributed by atoms with Gasteiger partial charge >= 0.3 is 0 Å². The number of nitrogens with two attached hydrogens (primary N) is 2. The Morgan fingerprint density at radius 1 is 0.939 bits per heavy atom. The molecule has 2 fully saturated rings. The molecule has 0 spiro atoms. The quantitative estimate of drug-likeness (QED) is 0.0426. The summed E-state index contributed by atoms with van der Waals surface area (Å²) in [5, 5.41) is 14.4. The Balaban J connectivity index is 0.000000249. The highest BCUT2D eigenvalue weighted by Crippen LogP contribution is 2.33. The maximum Gasteiger partial charge on any atom is 0.289 e. The second kappa shape index (κ2) is 22.7. The van der Waals surface area contributed by atoms with E-state index in [9.17, 15) is 42.3 Å². The first kappa shape index (κ1) is 49.9. The Kier molecular flexibility index (Phi) is 17.1. The molecule has 3 aliphatic heterocycles. The maximum atomic E-state index is 14.1. The number of hydrazine groups is 1. The predicted octanol–water partition coefficient (Wildman–Crippen LogP) is 0.651. The number of benzene rings is 3. The largest absolute Gasteiger partial charge is 0.493 e. The molecule has 2 unspecified atom stereocenters. The number of rotatable bonds is 17. The van der Waals surface area contributed by atoms with E-state index in [2.05, 4.69) is 26.6 Å². The summed E-state index contributed by atoms with van der Waals surface area (Å²) in [5.74, 6) is -0.558. The van der Waals surface area contributed by atoms with E-state index in [1.54, 1.807) is 60.6 Å². The first-order chi connectivity index (χ1) is 31.4. The van der Waals surface area contributed by atoms with Crippen molar-refractivity contribution in [1.29, 1.82) is 0 Å². The molecule has 0 saturated carbocycles. The van der Waals surface area contributed by atoms with Gasteiger partial charge in [-0.15, -0.1) is 0 Å². The van der Waals surface area contributed by atoms with Crippen LogP contribution in [0.2, 0.25) is 0 Å². The number of amides is 6. The number of carbonyl (C=O) groups excluding carboxylic acids is 7. The van der Waals surface area contributed by atoms with E-state index >= 15 is 0 Å². The Hall–Kier alpha value is -7.13. The highest BCUT2D eigenvalue weighted by molar-refractivity contribution is 6.38. The summed E-state index contributed by atoms with van der Waals surface area (Å²) in [5.41, 5.74) is 12.0. The van der Waals surface area contributed by atoms with Crippen molar-refractivity contribution in [1.82, 2.24) is 41.4 Å². The number of halogens is 2. The third kappa shape index (κ3) is 13.2. The lowest BCUT2D eigenvalue weighted by atomic mass is 10.0. The zero-order chi connectivity index (χ0) is 48.1. The SMILES string of the molecule is CNCCNC(=O)c1ccc(/C(N)=C/N(N)Cc2cccc3c2CN(C(C)=O)C3)cc1.COc1ccc(CNC(=O)C(=O)C2CC(F)(F)CN2C(=O)CNC(=O)C2CCC(=O)N2)cc1OC. The average Bonchev–Trinajstić information content (AvgIpc) is 4.04. The van der Waals surface area contributed by atoms with E-state index in [0.29, 0.717) is 65.9 Å². The van der Waals surface area contributed by atoms with Gasteiger partial charge in [-0.2, -0.15) is 0 Å². The Labute approximate surface area is 380 Å². The lowest BCUT2D eigenvalue weighted by Gasteiger charge is -2.23. The van der Waals surface area contributed by atoms with Crippen LogP contribution in [0.15, 0.2) is 66.9 Å². The number of fused-ring (bicyclic) bond motifs is 1. The summed E-state index contributed by atoms with van der Waals surface area (Å²) in [6, 6.07) is 15.5. The number of carbonyl (C=O) groups is 7. The number of likely N-dealkylation sites (tertiary alicyclic amines) is 1. The van der Waals surface area contributed by atoms with E-state index < -0.39 is 61.0 Å². The molecule has 6 amide bonds. The van der Waals surface area contributed by atoms with Crippen LogP contribution < -0.4 is 47.6 Å². The molecule has 3 aromatic rings. The first-order valence-electron chi connectivity index (χ1n) is 21.1. The van der Waals surface area contributed by atoms with E-state index in [1.165, 1.54) is 14.2 Å². The standard InChI is InChI=1S/C23H30N6O2.C22H26F2N4O7/c1-16(30)28-12-19-4-3-5-20(21(19)14-28)13-29(25)15-22(24)17-6-8-18(9-7-17)23(31)27-11-10-26-2;1-34-15-5-3-12(7-16(15)35-2)9-25-21(33)19(31)14-8-22(23,24)11-28(14)18(30)10-26-20(32)13-4-6-17(29)27-13/h3-9,15,26H,10-14,24-25H2,1-2H3,(H,27,31);3,5,7,13-14H,4,6,8-11H2,1-2H3,(H,25,33)(H,26,32)(H,27,29)/b22-15-;. The van der Waals surface area contributed by atoms with Gasteiger partial charge in [-0.1, -0.05) is 36.4 Å². The van der Waals surface area contributed by atoms with Gasteiger partial charge in [-0.05, 0) is 65.6 Å². The molecule has 21 heteroatoms. The molecule has 0 aromatic heterocycles. The minimum Gasteiger partial charge on any atom is -0.493 e. The number of Topliss-reactive ketones (excluding diaryl/α,β-unsaturated/α-hetero) is 1. The molecular weight excluding hydrogens is 863 g/mol. The number of nitrogens with zero attached hydrogens (tertiary/aromatic N) is 3. The van der Waals surface area contributed by atoms with Gasteiger partial charge in [0.25, 0.3) is 17.7 Å². The number of alkyl halides is 2. The van der Waals surface area contributed by atoms with Gasteiger partial charge < -0.3 is 56.6 Å². The van der Waals surface area contributed by atoms with Crippen molar-refractivity contribution < 1.29 is 51.8 Å². The number of ketones is 1. The fourth-order valence-electron chi connectivity index (χ4n) is 7.50. The predicted molar refractivity (Wildman–Crippen MR) is 237 cm³/mol. The van der Waals surface area contributed by atoms with Gasteiger partial charge in [-0.25, -0.2) is 14.6 Å². The van der Waals surface area contributed by atoms with Crippen molar-refractivity contribution in [3.8, 4) is 11.5 Å². The van der Waals surface area contributed by atoms with E-state index in [0.717, 1.165) is 22.3 Å². The number of methoxy groups -OCH3 is 2. The molecule has 2 atom stereocenters. The minimum absolute atomic E-state index is 0.0649. The fourth-order valence-corrected chi connectivity index (χ4v) is 7.50. The van der Waals surface area contributed by atoms with E-state index in [1.807, 2.05) is 30.1 Å². The second-order valence-corrected chi connectivity index (χ2v) is 15.8. The molecule has 3 aliphatic rings. The number of hydrogen-bond acceptors (Lipinski definition) is 13. The topological polar surface area (TPSA) is 260 Å². The molecule has 3 heterocycles. The number of nitrogens with one attached hydrogen (secondary N) is 5. The van der Waals surface area contributed by atoms with Gasteiger partial charge in [0.1, 0.15) is 12.1 Å². The van der Waals surface area contributed by atoms with Crippen molar-refractivity contribution in [3.05, 3.63) is 100 Å². The molecule has 3 aromatic carbocycles. The maximum absolute atomic E-state index is 14.1. The Morgan fingerprint density at radius 2 is 1.65 bits per heavy atom. The zero-order valence-electron chi connectivity index (χ0n) is 37.2. The highest BCUT2D eigenvalue weighted by Gasteiger charge is 2.51. The van der Waals surface area contributed by atoms with Gasteiger partial charge in [0.15, 0.2) is 11.5 Å². The smallest absolute Gasteiger partial charge is 0.289 e. The third-order valence-corrected chi connectivity index (χ3v) is 11.1. The highest BCUT2D eigenvalue weighted by atomic mass is 19.3. The average molecular weight is 919 g/mol. The van der Waals surface area contributed by atoms with Gasteiger partial charge in [0.2, 0.25) is 29.4 Å². The van der Waals surface area contributed by atoms with Crippen LogP contribution in [0, 0.1) is 0 Å². The van der Waals surface area contributed by atoms with E-state index in [4.69, 9.17) is 21.1 Å². The first-order valence-corrected chi connectivity index (χ1v) is 21.1. The normalized spacial score (nSPS) is 17.1. The van der Waals surface area contributed by atoms with Crippen LogP contribution in [-0.2, 0) is 54.9 Å². The van der Waals surface area contributed by atoms with Crippen LogP contribution in [0.5, 0.6) is 11.5 Å². The summed E-state index contributed by atoms with van der Waals surface area (Å²) in [6.07, 6.45) is 1.09. The molecule has 19 nitrogen and oxygen atoms in total. The van der Waals surface area contributed by atoms with Crippen LogP contribution in [0.4, 0.5) is 8.78 Å². The van der Waals surface area contributed by atoms with E-state index in [-0.39, 0.29) is 37.1 Å². The summed E-state index contributed by atoms with van der Waals surface area (Å²) < 4.78 is 38.5. The fraction of sp³-hybridized carbons (Fsp3) is 0.400. The monoisotopic (exact) mass is 918 g/mol. The second-order valence-electron chi connectivity index (χ2n) is 15.8. The van der Waals surface area contributed by atoms with Gasteiger partial charge in [-0.3, -0.25) is 33.6 Å². The van der Waals surface area contributed by atoms with Crippen LogP contribution in [0.1, 0.15) is 64.4 Å². The number of hydrogen-bond donors (Lipinski definition) is 7. The van der Waals surface area contributed by atoms with Crippen molar-refractivity contribution in [2.24, 2.45) is 11.6 Å². The molecule has 66 heavy (non-hydrogen) atoms.